The number of hydrogen-bond acceptors (Lipinski definition) is 4. The first-order valence-corrected chi connectivity index (χ1v) is 9.73. The van der Waals surface area contributed by atoms with Crippen LogP contribution in [-0.2, 0) is 4.79 Å². The molecule has 28 heavy (non-hydrogen) atoms. The summed E-state index contributed by atoms with van der Waals surface area (Å²) in [5.74, 6) is 1.24. The number of allylic oxidation sites excluding steroid dienone is 2. The standard InChI is InChI=1S/C23H26N2O3/c1-13(2)23(27)24-15-8-9-19-18(12-15)16-5-4-6-17(16)22(25-19)14-7-10-21(28-3)20(26)11-14/h4-5,7-13,16-17,22,25-26H,6H2,1-3H3,(H,24,27). The highest BCUT2D eigenvalue weighted by atomic mass is 16.5. The Hall–Kier alpha value is -2.95. The van der Waals surface area contributed by atoms with Crippen molar-refractivity contribution >= 4 is 17.3 Å². The van der Waals surface area contributed by atoms with E-state index in [0.717, 1.165) is 23.4 Å². The Kier molecular flexibility index (Phi) is 4.75. The van der Waals surface area contributed by atoms with Gasteiger partial charge in [-0.2, -0.15) is 0 Å². The number of carbonyl (C=O) groups is 1. The van der Waals surface area contributed by atoms with Crippen molar-refractivity contribution in [2.24, 2.45) is 11.8 Å². The van der Waals surface area contributed by atoms with E-state index in [1.807, 2.05) is 38.1 Å². The van der Waals surface area contributed by atoms with Crippen molar-refractivity contribution in [3.63, 3.8) is 0 Å². The third-order valence-corrected chi connectivity index (χ3v) is 5.72. The number of phenolic OH excluding ortho intramolecular Hbond substituents is 1. The third kappa shape index (κ3) is 3.21. The number of phenols is 1. The zero-order valence-electron chi connectivity index (χ0n) is 16.4. The highest BCUT2D eigenvalue weighted by Crippen LogP contribution is 2.50. The van der Waals surface area contributed by atoms with E-state index in [1.54, 1.807) is 13.2 Å². The van der Waals surface area contributed by atoms with E-state index >= 15 is 0 Å². The van der Waals surface area contributed by atoms with Crippen LogP contribution in [0.2, 0.25) is 0 Å². The minimum absolute atomic E-state index is 0.0221. The zero-order chi connectivity index (χ0) is 19.8. The van der Waals surface area contributed by atoms with Gasteiger partial charge >= 0.3 is 0 Å². The number of anilines is 2. The Morgan fingerprint density at radius 2 is 2.07 bits per heavy atom. The number of rotatable bonds is 4. The van der Waals surface area contributed by atoms with Crippen LogP contribution in [0.3, 0.4) is 0 Å². The summed E-state index contributed by atoms with van der Waals surface area (Å²) < 4.78 is 5.17. The van der Waals surface area contributed by atoms with E-state index in [-0.39, 0.29) is 29.5 Å². The zero-order valence-corrected chi connectivity index (χ0v) is 16.4. The van der Waals surface area contributed by atoms with Gasteiger partial charge in [0.1, 0.15) is 0 Å². The predicted molar refractivity (Wildman–Crippen MR) is 111 cm³/mol. The third-order valence-electron chi connectivity index (χ3n) is 5.72. The topological polar surface area (TPSA) is 70.6 Å². The molecule has 146 valence electrons. The van der Waals surface area contributed by atoms with Crippen LogP contribution in [0.5, 0.6) is 11.5 Å². The second kappa shape index (κ2) is 7.23. The monoisotopic (exact) mass is 378 g/mol. The first kappa shape index (κ1) is 18.4. The van der Waals surface area contributed by atoms with Gasteiger partial charge in [-0.1, -0.05) is 32.1 Å². The van der Waals surface area contributed by atoms with Crippen molar-refractivity contribution in [1.29, 1.82) is 0 Å². The van der Waals surface area contributed by atoms with Gasteiger partial charge in [0.25, 0.3) is 0 Å². The fourth-order valence-corrected chi connectivity index (χ4v) is 4.19. The van der Waals surface area contributed by atoms with Gasteiger partial charge in [0.05, 0.1) is 13.2 Å². The van der Waals surface area contributed by atoms with E-state index < -0.39 is 0 Å². The average Bonchev–Trinajstić information content (AvgIpc) is 3.17. The predicted octanol–water partition coefficient (Wildman–Crippen LogP) is 4.82. The minimum atomic E-state index is -0.0552. The molecule has 3 N–H and O–H groups in total. The first-order valence-electron chi connectivity index (χ1n) is 9.73. The summed E-state index contributed by atoms with van der Waals surface area (Å²) >= 11 is 0. The van der Waals surface area contributed by atoms with Crippen LogP contribution in [0.1, 0.15) is 43.4 Å². The Labute approximate surface area is 165 Å². The molecular weight excluding hydrogens is 352 g/mol. The van der Waals surface area contributed by atoms with Gasteiger partial charge in [-0.3, -0.25) is 4.79 Å². The van der Waals surface area contributed by atoms with E-state index in [9.17, 15) is 9.90 Å². The van der Waals surface area contributed by atoms with Crippen LogP contribution in [0, 0.1) is 11.8 Å². The van der Waals surface area contributed by atoms with Gasteiger partial charge in [0.15, 0.2) is 11.5 Å². The maximum atomic E-state index is 12.1. The molecule has 0 saturated heterocycles. The molecule has 2 aromatic rings. The number of aromatic hydroxyl groups is 1. The van der Waals surface area contributed by atoms with Crippen LogP contribution >= 0.6 is 0 Å². The number of carbonyl (C=O) groups excluding carboxylic acids is 1. The van der Waals surface area contributed by atoms with Gasteiger partial charge < -0.3 is 20.5 Å². The van der Waals surface area contributed by atoms with E-state index in [0.29, 0.717) is 11.7 Å². The number of benzene rings is 2. The van der Waals surface area contributed by atoms with E-state index in [4.69, 9.17) is 4.74 Å². The van der Waals surface area contributed by atoms with Crippen LogP contribution in [0.15, 0.2) is 48.6 Å². The van der Waals surface area contributed by atoms with Crippen LogP contribution in [-0.4, -0.2) is 18.1 Å². The molecule has 0 saturated carbocycles. The molecule has 0 spiro atoms. The normalized spacial score (nSPS) is 22.4. The van der Waals surface area contributed by atoms with Crippen LogP contribution in [0.25, 0.3) is 0 Å². The molecule has 0 fully saturated rings. The molecule has 1 aliphatic heterocycles. The molecule has 1 heterocycles. The minimum Gasteiger partial charge on any atom is -0.504 e. The molecule has 0 bridgehead atoms. The Morgan fingerprint density at radius 1 is 1.25 bits per heavy atom. The second-order valence-electron chi connectivity index (χ2n) is 7.85. The lowest BCUT2D eigenvalue weighted by Crippen LogP contribution is -2.29. The summed E-state index contributed by atoms with van der Waals surface area (Å²) in [4.78, 5) is 12.1. The van der Waals surface area contributed by atoms with Crippen molar-refractivity contribution in [2.75, 3.05) is 17.7 Å². The van der Waals surface area contributed by atoms with Crippen molar-refractivity contribution in [1.82, 2.24) is 0 Å². The Balaban J connectivity index is 1.66. The molecular formula is C23H26N2O3. The molecule has 1 amide bonds. The molecule has 5 heteroatoms. The van der Waals surface area contributed by atoms with E-state index in [1.165, 1.54) is 5.56 Å². The van der Waals surface area contributed by atoms with Crippen LogP contribution < -0.4 is 15.4 Å². The SMILES string of the molecule is COc1ccc(C2Nc3ccc(NC(=O)C(C)C)cc3C3C=CCC32)cc1O. The molecule has 3 unspecified atom stereocenters. The lowest BCUT2D eigenvalue weighted by Gasteiger charge is -2.38. The van der Waals surface area contributed by atoms with E-state index in [2.05, 4.69) is 28.9 Å². The van der Waals surface area contributed by atoms with Gasteiger partial charge in [0.2, 0.25) is 5.91 Å². The first-order chi connectivity index (χ1) is 13.5. The molecule has 3 atom stereocenters. The van der Waals surface area contributed by atoms with Gasteiger partial charge in [0, 0.05) is 23.2 Å². The van der Waals surface area contributed by atoms with Crippen molar-refractivity contribution in [3.8, 4) is 11.5 Å². The summed E-state index contributed by atoms with van der Waals surface area (Å²) in [5.41, 5.74) is 4.14. The lowest BCUT2D eigenvalue weighted by atomic mass is 9.77. The second-order valence-corrected chi connectivity index (χ2v) is 7.85. The van der Waals surface area contributed by atoms with Gasteiger partial charge in [-0.15, -0.1) is 0 Å². The smallest absolute Gasteiger partial charge is 0.226 e. The summed E-state index contributed by atoms with van der Waals surface area (Å²) in [6.45, 7) is 3.78. The Bertz CT molecular complexity index is 935. The van der Waals surface area contributed by atoms with Crippen molar-refractivity contribution in [2.45, 2.75) is 32.2 Å². The Morgan fingerprint density at radius 3 is 2.79 bits per heavy atom. The molecule has 2 aliphatic rings. The molecule has 0 radical (unpaired) electrons. The highest BCUT2D eigenvalue weighted by Gasteiger charge is 2.38. The number of amides is 1. The van der Waals surface area contributed by atoms with Crippen LogP contribution in [0.4, 0.5) is 11.4 Å². The fourth-order valence-electron chi connectivity index (χ4n) is 4.19. The summed E-state index contributed by atoms with van der Waals surface area (Å²) in [7, 11) is 1.55. The number of nitrogens with one attached hydrogen (secondary N) is 2. The average molecular weight is 378 g/mol. The summed E-state index contributed by atoms with van der Waals surface area (Å²) in [6.07, 6.45) is 5.45. The molecule has 5 nitrogen and oxygen atoms in total. The summed E-state index contributed by atoms with van der Waals surface area (Å²) in [5, 5.41) is 16.9. The fraction of sp³-hybridized carbons (Fsp3) is 0.348. The molecule has 4 rings (SSSR count). The number of fused-ring (bicyclic) bond motifs is 3. The van der Waals surface area contributed by atoms with Gasteiger partial charge in [-0.05, 0) is 53.8 Å². The highest BCUT2D eigenvalue weighted by molar-refractivity contribution is 5.92. The molecule has 2 aromatic carbocycles. The lowest BCUT2D eigenvalue weighted by molar-refractivity contribution is -0.118. The molecule has 0 aromatic heterocycles. The summed E-state index contributed by atoms with van der Waals surface area (Å²) in [6, 6.07) is 11.8. The van der Waals surface area contributed by atoms with Gasteiger partial charge in [-0.25, -0.2) is 0 Å². The maximum absolute atomic E-state index is 12.1. The maximum Gasteiger partial charge on any atom is 0.226 e. The number of hydrogen-bond donors (Lipinski definition) is 3. The van der Waals surface area contributed by atoms with Crippen molar-refractivity contribution in [3.05, 3.63) is 59.7 Å². The number of ether oxygens (including phenoxy) is 1. The molecule has 1 aliphatic carbocycles. The number of methoxy groups -OCH3 is 1. The quantitative estimate of drug-likeness (QED) is 0.667. The largest absolute Gasteiger partial charge is 0.504 e. The van der Waals surface area contributed by atoms with Crippen molar-refractivity contribution < 1.29 is 14.6 Å².